The number of carbonyl (C=O) groups excluding carboxylic acids is 2. The molecule has 0 aliphatic carbocycles. The molecule has 190 valence electrons. The molecule has 0 radical (unpaired) electrons. The Balaban J connectivity index is 1.63. The first-order valence-electron chi connectivity index (χ1n) is 12.2. The first kappa shape index (κ1) is 26.6. The van der Waals surface area contributed by atoms with Crippen LogP contribution in [0.15, 0.2) is 78.9 Å². The van der Waals surface area contributed by atoms with E-state index in [0.717, 1.165) is 42.6 Å². The Morgan fingerprint density at radius 1 is 0.917 bits per heavy atom. The van der Waals surface area contributed by atoms with Crippen LogP contribution in [0, 0.1) is 0 Å². The molecule has 0 heterocycles. The van der Waals surface area contributed by atoms with E-state index in [1.165, 1.54) is 0 Å². The zero-order valence-corrected chi connectivity index (χ0v) is 20.7. The molecule has 0 bridgehead atoms. The summed E-state index contributed by atoms with van der Waals surface area (Å²) in [5.74, 6) is 0.722. The Bertz CT molecular complexity index is 1090. The Labute approximate surface area is 212 Å². The number of primary amides is 2. The average Bonchev–Trinajstić information content (AvgIpc) is 2.87. The van der Waals surface area contributed by atoms with E-state index in [1.807, 2.05) is 78.9 Å². The van der Waals surface area contributed by atoms with Crippen LogP contribution in [0.2, 0.25) is 0 Å². The first-order valence-corrected chi connectivity index (χ1v) is 12.2. The third-order valence-corrected chi connectivity index (χ3v) is 5.76. The monoisotopic (exact) mass is 489 g/mol. The minimum absolute atomic E-state index is 0.241. The van der Waals surface area contributed by atoms with Crippen LogP contribution in [0.3, 0.4) is 0 Å². The molecule has 1 atom stereocenters. The van der Waals surface area contributed by atoms with Gasteiger partial charge in [0, 0.05) is 17.9 Å². The van der Waals surface area contributed by atoms with Crippen molar-refractivity contribution in [2.45, 2.75) is 45.4 Å². The summed E-state index contributed by atoms with van der Waals surface area (Å²) in [7, 11) is 0. The first-order chi connectivity index (χ1) is 17.5. The van der Waals surface area contributed by atoms with Crippen LogP contribution >= 0.6 is 0 Å². The highest BCUT2D eigenvalue weighted by atomic mass is 16.5. The average molecular weight is 490 g/mol. The van der Waals surface area contributed by atoms with Gasteiger partial charge in [-0.15, -0.1) is 0 Å². The van der Waals surface area contributed by atoms with Gasteiger partial charge in [0.15, 0.2) is 0 Å². The van der Waals surface area contributed by atoms with E-state index in [0.29, 0.717) is 24.5 Å². The van der Waals surface area contributed by atoms with Crippen LogP contribution in [-0.2, 0) is 13.0 Å². The van der Waals surface area contributed by atoms with Gasteiger partial charge in [0.25, 0.3) is 0 Å². The van der Waals surface area contributed by atoms with E-state index in [2.05, 4.69) is 17.6 Å². The Kier molecular flexibility index (Phi) is 10.1. The van der Waals surface area contributed by atoms with E-state index < -0.39 is 12.1 Å². The van der Waals surface area contributed by atoms with Crippen LogP contribution in [0.25, 0.3) is 0 Å². The fraction of sp³-hybridized carbons (Fsp3) is 0.286. The van der Waals surface area contributed by atoms with Crippen LogP contribution in [0.4, 0.5) is 21.0 Å². The molecule has 1 unspecified atom stereocenters. The van der Waals surface area contributed by atoms with Crippen LogP contribution in [0.5, 0.6) is 5.75 Å². The molecule has 3 aromatic carbocycles. The number of nitrogens with two attached hydrogens (primary N) is 2. The maximum absolute atomic E-state index is 12.5. The topological polar surface area (TPSA) is 123 Å². The Morgan fingerprint density at radius 3 is 2.22 bits per heavy atom. The Morgan fingerprint density at radius 2 is 1.61 bits per heavy atom. The lowest BCUT2D eigenvalue weighted by Gasteiger charge is -2.31. The quantitative estimate of drug-likeness (QED) is 0.253. The van der Waals surface area contributed by atoms with Crippen LogP contribution in [-0.4, -0.2) is 24.8 Å². The van der Waals surface area contributed by atoms with E-state index in [4.69, 9.17) is 16.2 Å². The van der Waals surface area contributed by atoms with E-state index >= 15 is 0 Å². The number of anilines is 2. The number of carbonyl (C=O) groups is 2. The zero-order chi connectivity index (χ0) is 25.8. The molecule has 4 amide bonds. The molecule has 36 heavy (non-hydrogen) atoms. The number of hydrogen-bond acceptors (Lipinski definition) is 4. The van der Waals surface area contributed by atoms with Crippen molar-refractivity contribution in [3.63, 3.8) is 0 Å². The van der Waals surface area contributed by atoms with Crippen molar-refractivity contribution in [2.24, 2.45) is 11.5 Å². The lowest BCUT2D eigenvalue weighted by molar-refractivity contribution is 0.249. The summed E-state index contributed by atoms with van der Waals surface area (Å²) in [5, 5.41) is 6.05. The Hall–Kier alpha value is -4.04. The SMILES string of the molecule is CCCCC(NCCc1ccc(NC(N)=O)cc1)N(C(N)=O)c1ccc(OCc2ccccc2)cc1. The number of amides is 4. The molecule has 0 spiro atoms. The van der Waals surface area contributed by atoms with Crippen molar-refractivity contribution in [3.8, 4) is 5.75 Å². The number of urea groups is 2. The van der Waals surface area contributed by atoms with Gasteiger partial charge in [-0.2, -0.15) is 0 Å². The summed E-state index contributed by atoms with van der Waals surface area (Å²) in [6, 6.07) is 23.8. The second-order valence-electron chi connectivity index (χ2n) is 8.52. The lowest BCUT2D eigenvalue weighted by Crippen LogP contribution is -2.51. The van der Waals surface area contributed by atoms with Gasteiger partial charge in [0.05, 0.1) is 6.17 Å². The van der Waals surface area contributed by atoms with Crippen LogP contribution < -0.4 is 31.7 Å². The maximum Gasteiger partial charge on any atom is 0.320 e. The highest BCUT2D eigenvalue weighted by Crippen LogP contribution is 2.23. The summed E-state index contributed by atoms with van der Waals surface area (Å²) >= 11 is 0. The summed E-state index contributed by atoms with van der Waals surface area (Å²) in [5.41, 5.74) is 14.5. The molecule has 0 aliphatic heterocycles. The van der Waals surface area contributed by atoms with Gasteiger partial charge in [-0.05, 0) is 60.4 Å². The molecule has 0 aromatic heterocycles. The van der Waals surface area contributed by atoms with Gasteiger partial charge in [-0.3, -0.25) is 10.2 Å². The van der Waals surface area contributed by atoms with Crippen molar-refractivity contribution in [2.75, 3.05) is 16.8 Å². The number of nitrogens with one attached hydrogen (secondary N) is 2. The zero-order valence-electron chi connectivity index (χ0n) is 20.7. The van der Waals surface area contributed by atoms with E-state index in [-0.39, 0.29) is 6.17 Å². The molecule has 0 saturated heterocycles. The maximum atomic E-state index is 12.5. The van der Waals surface area contributed by atoms with Gasteiger partial charge in [-0.1, -0.05) is 62.2 Å². The molecule has 8 nitrogen and oxygen atoms in total. The highest BCUT2D eigenvalue weighted by Gasteiger charge is 2.23. The van der Waals surface area contributed by atoms with Gasteiger partial charge >= 0.3 is 12.1 Å². The van der Waals surface area contributed by atoms with E-state index in [9.17, 15) is 9.59 Å². The minimum atomic E-state index is -0.592. The largest absolute Gasteiger partial charge is 0.489 e. The van der Waals surface area contributed by atoms with Crippen molar-refractivity contribution in [3.05, 3.63) is 90.0 Å². The number of nitrogens with zero attached hydrogens (tertiary/aromatic N) is 1. The molecule has 8 heteroatoms. The van der Waals surface area contributed by atoms with Crippen molar-refractivity contribution >= 4 is 23.4 Å². The minimum Gasteiger partial charge on any atom is -0.489 e. The predicted octanol–water partition coefficient (Wildman–Crippen LogP) is 4.99. The molecular formula is C28H35N5O3. The van der Waals surface area contributed by atoms with Crippen molar-refractivity contribution in [1.29, 1.82) is 0 Å². The number of benzene rings is 3. The smallest absolute Gasteiger partial charge is 0.320 e. The molecular weight excluding hydrogens is 454 g/mol. The predicted molar refractivity (Wildman–Crippen MR) is 144 cm³/mol. The second kappa shape index (κ2) is 13.7. The number of ether oxygens (including phenoxy) is 1. The van der Waals surface area contributed by atoms with E-state index in [1.54, 1.807) is 4.90 Å². The third kappa shape index (κ3) is 8.32. The highest BCUT2D eigenvalue weighted by molar-refractivity contribution is 5.91. The lowest BCUT2D eigenvalue weighted by atomic mass is 10.1. The number of rotatable bonds is 13. The summed E-state index contributed by atoms with van der Waals surface area (Å²) in [6.07, 6.45) is 3.23. The normalized spacial score (nSPS) is 11.5. The summed E-state index contributed by atoms with van der Waals surface area (Å²) in [6.45, 7) is 3.24. The number of hydrogen-bond donors (Lipinski definition) is 4. The fourth-order valence-corrected chi connectivity index (χ4v) is 3.90. The molecule has 0 saturated carbocycles. The standard InChI is InChI=1S/C28H35N5O3/c1-2-3-9-26(31-19-18-21-10-12-23(13-11-21)32-27(29)34)33(28(30)35)24-14-16-25(17-15-24)36-20-22-7-5-4-6-8-22/h4-8,10-17,26,31H,2-3,9,18-20H2,1H3,(H2,30,35)(H3,29,32,34). The molecule has 6 N–H and O–H groups in total. The molecule has 3 aromatic rings. The second-order valence-corrected chi connectivity index (χ2v) is 8.52. The molecule has 0 aliphatic rings. The fourth-order valence-electron chi connectivity index (χ4n) is 3.90. The number of unbranched alkanes of at least 4 members (excludes halogenated alkanes) is 1. The van der Waals surface area contributed by atoms with Gasteiger partial charge < -0.3 is 21.5 Å². The van der Waals surface area contributed by atoms with Crippen LogP contribution in [0.1, 0.15) is 37.3 Å². The molecule has 0 fully saturated rings. The summed E-state index contributed by atoms with van der Waals surface area (Å²) in [4.78, 5) is 25.1. The van der Waals surface area contributed by atoms with Gasteiger partial charge in [0.1, 0.15) is 12.4 Å². The van der Waals surface area contributed by atoms with Gasteiger partial charge in [0.2, 0.25) is 0 Å². The third-order valence-electron chi connectivity index (χ3n) is 5.76. The van der Waals surface area contributed by atoms with Gasteiger partial charge in [-0.25, -0.2) is 9.59 Å². The van der Waals surface area contributed by atoms with Crippen molar-refractivity contribution < 1.29 is 14.3 Å². The molecule has 3 rings (SSSR count). The van der Waals surface area contributed by atoms with Crippen molar-refractivity contribution in [1.82, 2.24) is 5.32 Å². The summed E-state index contributed by atoms with van der Waals surface area (Å²) < 4.78 is 5.88.